The van der Waals surface area contributed by atoms with Gasteiger partial charge in [-0.2, -0.15) is 0 Å². The first-order chi connectivity index (χ1) is 31.0. The van der Waals surface area contributed by atoms with Crippen LogP contribution in [0.25, 0.3) is 0 Å². The van der Waals surface area contributed by atoms with Crippen LogP contribution in [0.1, 0.15) is 271 Å². The molecule has 0 bridgehead atoms. The predicted molar refractivity (Wildman–Crippen MR) is 277 cm³/mol. The van der Waals surface area contributed by atoms with Crippen molar-refractivity contribution in [1.82, 2.24) is 5.32 Å². The summed E-state index contributed by atoms with van der Waals surface area (Å²) >= 11 is 0. The third kappa shape index (κ3) is 48.9. The van der Waals surface area contributed by atoms with Crippen molar-refractivity contribution in [2.24, 2.45) is 0 Å². The third-order valence-corrected chi connectivity index (χ3v) is 13.7. The van der Waals surface area contributed by atoms with Crippen LogP contribution < -0.4 is 5.32 Å². The van der Waals surface area contributed by atoms with Gasteiger partial charge in [0.1, 0.15) is 13.2 Å². The highest BCUT2D eigenvalue weighted by Crippen LogP contribution is 2.43. The first-order valence-corrected chi connectivity index (χ1v) is 29.2. The SMILES string of the molecule is CCCCCCCCCCCCCCC/C=C/CC/C=C/C(O)C(COP(=O)(O)OCC[N+](C)(C)C)NC(=O)CCCCCCCCCCCCCCCCCCCCCCCCC. The highest BCUT2D eigenvalue weighted by atomic mass is 31.2. The molecule has 0 aromatic heterocycles. The van der Waals surface area contributed by atoms with Gasteiger partial charge >= 0.3 is 7.82 Å². The molecular formula is C55H110N2O6P+. The number of carbonyl (C=O) groups excluding carboxylic acids is 1. The molecule has 3 N–H and O–H groups in total. The first kappa shape index (κ1) is 63.0. The van der Waals surface area contributed by atoms with E-state index < -0.39 is 20.0 Å². The van der Waals surface area contributed by atoms with Gasteiger partial charge in [0.25, 0.3) is 0 Å². The van der Waals surface area contributed by atoms with E-state index in [-0.39, 0.29) is 19.1 Å². The average Bonchev–Trinajstić information content (AvgIpc) is 3.25. The number of phosphoric ester groups is 1. The van der Waals surface area contributed by atoms with E-state index in [2.05, 4.69) is 31.3 Å². The van der Waals surface area contributed by atoms with Crippen LogP contribution in [-0.4, -0.2) is 73.4 Å². The number of nitrogens with zero attached hydrogens (tertiary/aromatic N) is 1. The van der Waals surface area contributed by atoms with Crippen molar-refractivity contribution in [2.75, 3.05) is 40.9 Å². The van der Waals surface area contributed by atoms with Crippen LogP contribution >= 0.6 is 7.82 Å². The number of unbranched alkanes of at least 4 members (excludes halogenated alkanes) is 36. The minimum atomic E-state index is -4.35. The van der Waals surface area contributed by atoms with E-state index in [1.165, 1.54) is 212 Å². The number of hydrogen-bond acceptors (Lipinski definition) is 5. The van der Waals surface area contributed by atoms with Gasteiger partial charge in [-0.05, 0) is 32.1 Å². The van der Waals surface area contributed by atoms with Gasteiger partial charge < -0.3 is 19.8 Å². The number of nitrogens with one attached hydrogen (secondary N) is 1. The van der Waals surface area contributed by atoms with Gasteiger partial charge in [0, 0.05) is 6.42 Å². The Balaban J connectivity index is 4.25. The van der Waals surface area contributed by atoms with E-state index in [0.29, 0.717) is 17.4 Å². The summed E-state index contributed by atoms with van der Waals surface area (Å²) in [5.41, 5.74) is 0. The number of likely N-dealkylation sites (N-methyl/N-ethyl adjacent to an activating group) is 1. The van der Waals surface area contributed by atoms with Crippen LogP contribution in [-0.2, 0) is 18.4 Å². The van der Waals surface area contributed by atoms with Crippen molar-refractivity contribution >= 4 is 13.7 Å². The number of allylic oxidation sites excluding steroid dienone is 3. The molecule has 0 saturated carbocycles. The van der Waals surface area contributed by atoms with Crippen LogP contribution in [0.5, 0.6) is 0 Å². The van der Waals surface area contributed by atoms with Gasteiger partial charge in [0.15, 0.2) is 0 Å². The Bertz CT molecular complexity index is 1090. The minimum absolute atomic E-state index is 0.0587. The molecule has 3 unspecified atom stereocenters. The minimum Gasteiger partial charge on any atom is -0.387 e. The number of aliphatic hydroxyl groups is 1. The topological polar surface area (TPSA) is 105 Å². The van der Waals surface area contributed by atoms with Gasteiger partial charge in [-0.3, -0.25) is 13.8 Å². The second-order valence-corrected chi connectivity index (χ2v) is 21.8. The van der Waals surface area contributed by atoms with Crippen molar-refractivity contribution in [2.45, 2.75) is 283 Å². The summed E-state index contributed by atoms with van der Waals surface area (Å²) in [6, 6.07) is -0.859. The standard InChI is InChI=1S/C55H109N2O6P/c1-6-8-10-12-14-16-18-20-22-24-26-27-28-29-31-33-35-37-39-41-43-45-47-49-55(59)56-53(52-63-64(60,61)62-51-50-57(3,4)5)54(58)48-46-44-42-40-38-36-34-32-30-25-23-21-19-17-15-13-11-9-7-2/h38,40,46,48,53-54,58H,6-37,39,41-45,47,49-52H2,1-5H3,(H-,56,59,60,61)/p+1/b40-38+,48-46+. The van der Waals surface area contributed by atoms with Crippen molar-refractivity contribution in [3.63, 3.8) is 0 Å². The Kier molecular flexibility index (Phi) is 46.3. The summed E-state index contributed by atoms with van der Waals surface area (Å²) in [4.78, 5) is 23.3. The Morgan fingerprint density at radius 3 is 1.25 bits per heavy atom. The quantitative estimate of drug-likeness (QED) is 0.0243. The molecule has 0 aliphatic carbocycles. The molecule has 0 heterocycles. The van der Waals surface area contributed by atoms with Gasteiger partial charge in [0.05, 0.1) is 39.9 Å². The van der Waals surface area contributed by atoms with Crippen molar-refractivity contribution < 1.29 is 32.9 Å². The molecule has 8 nitrogen and oxygen atoms in total. The lowest BCUT2D eigenvalue weighted by molar-refractivity contribution is -0.870. The zero-order chi connectivity index (χ0) is 47.1. The zero-order valence-electron chi connectivity index (χ0n) is 43.3. The number of carbonyl (C=O) groups is 1. The lowest BCUT2D eigenvalue weighted by Gasteiger charge is -2.25. The molecular weight excluding hydrogens is 816 g/mol. The molecule has 0 rings (SSSR count). The molecule has 0 spiro atoms. The fourth-order valence-electron chi connectivity index (χ4n) is 8.30. The van der Waals surface area contributed by atoms with Crippen LogP contribution in [0.3, 0.4) is 0 Å². The van der Waals surface area contributed by atoms with E-state index in [1.54, 1.807) is 6.08 Å². The number of rotatable bonds is 51. The number of quaternary nitrogens is 1. The summed E-state index contributed by atoms with van der Waals surface area (Å²) in [6.07, 6.45) is 58.5. The Morgan fingerprint density at radius 1 is 0.516 bits per heavy atom. The Hall–Kier alpha value is -1.02. The third-order valence-electron chi connectivity index (χ3n) is 12.7. The van der Waals surface area contributed by atoms with Crippen LogP contribution in [0, 0.1) is 0 Å². The Morgan fingerprint density at radius 2 is 0.859 bits per heavy atom. The maximum Gasteiger partial charge on any atom is 0.472 e. The summed E-state index contributed by atoms with van der Waals surface area (Å²) in [7, 11) is 1.57. The molecule has 0 fully saturated rings. The van der Waals surface area contributed by atoms with E-state index in [0.717, 1.165) is 38.5 Å². The largest absolute Gasteiger partial charge is 0.472 e. The molecule has 0 aromatic carbocycles. The van der Waals surface area contributed by atoms with Crippen LogP contribution in [0.4, 0.5) is 0 Å². The monoisotopic (exact) mass is 926 g/mol. The number of phosphoric acid groups is 1. The lowest BCUT2D eigenvalue weighted by atomic mass is 10.0. The second kappa shape index (κ2) is 47.1. The summed E-state index contributed by atoms with van der Waals surface area (Å²) in [6.45, 7) is 4.83. The molecule has 1 amide bonds. The van der Waals surface area contributed by atoms with Crippen molar-refractivity contribution in [3.8, 4) is 0 Å². The number of amides is 1. The van der Waals surface area contributed by atoms with Gasteiger partial charge in [-0.25, -0.2) is 4.57 Å². The summed E-state index contributed by atoms with van der Waals surface area (Å²) < 4.78 is 23.7. The fourth-order valence-corrected chi connectivity index (χ4v) is 9.03. The fraction of sp³-hybridized carbons (Fsp3) is 0.909. The summed E-state index contributed by atoms with van der Waals surface area (Å²) in [5, 5.41) is 13.9. The molecule has 0 aliphatic heterocycles. The highest BCUT2D eigenvalue weighted by Gasteiger charge is 2.27. The maximum absolute atomic E-state index is 13.0. The Labute approximate surface area is 398 Å². The molecule has 0 radical (unpaired) electrons. The second-order valence-electron chi connectivity index (χ2n) is 20.3. The van der Waals surface area contributed by atoms with Crippen LogP contribution in [0.2, 0.25) is 0 Å². The lowest BCUT2D eigenvalue weighted by Crippen LogP contribution is -2.45. The number of aliphatic hydroxyl groups excluding tert-OH is 1. The van der Waals surface area contributed by atoms with Gasteiger partial charge in [-0.15, -0.1) is 0 Å². The van der Waals surface area contributed by atoms with Crippen LogP contribution in [0.15, 0.2) is 24.3 Å². The molecule has 380 valence electrons. The zero-order valence-corrected chi connectivity index (χ0v) is 44.2. The smallest absolute Gasteiger partial charge is 0.387 e. The first-order valence-electron chi connectivity index (χ1n) is 27.7. The molecule has 64 heavy (non-hydrogen) atoms. The number of hydrogen-bond donors (Lipinski definition) is 3. The van der Waals surface area contributed by atoms with E-state index in [9.17, 15) is 19.4 Å². The molecule has 9 heteroatoms. The molecule has 3 atom stereocenters. The maximum atomic E-state index is 13.0. The molecule has 0 aromatic rings. The summed E-state index contributed by atoms with van der Waals surface area (Å²) in [5.74, 6) is -0.181. The average molecular weight is 926 g/mol. The van der Waals surface area contributed by atoms with Crippen molar-refractivity contribution in [1.29, 1.82) is 0 Å². The highest BCUT2D eigenvalue weighted by molar-refractivity contribution is 7.47. The normalized spacial score (nSPS) is 14.2. The van der Waals surface area contributed by atoms with E-state index in [1.807, 2.05) is 27.2 Å². The predicted octanol–water partition coefficient (Wildman–Crippen LogP) is 16.4. The van der Waals surface area contributed by atoms with Gasteiger partial charge in [0.2, 0.25) is 5.91 Å². The molecule has 0 aliphatic rings. The van der Waals surface area contributed by atoms with Crippen molar-refractivity contribution in [3.05, 3.63) is 24.3 Å². The van der Waals surface area contributed by atoms with Gasteiger partial charge in [-0.1, -0.05) is 256 Å². The van der Waals surface area contributed by atoms with E-state index in [4.69, 9.17) is 9.05 Å². The molecule has 0 saturated heterocycles. The van der Waals surface area contributed by atoms with E-state index >= 15 is 0 Å².